The van der Waals surface area contributed by atoms with Gasteiger partial charge in [0.25, 0.3) is 5.69 Å². The summed E-state index contributed by atoms with van der Waals surface area (Å²) in [5, 5.41) is 26.4. The van der Waals surface area contributed by atoms with E-state index in [9.17, 15) is 15.4 Å². The molecule has 0 radical (unpaired) electrons. The number of rotatable bonds is 8. The Morgan fingerprint density at radius 1 is 1.03 bits per heavy atom. The quantitative estimate of drug-likeness (QED) is 0.218. The molecule has 3 N–H and O–H groups in total. The normalized spacial score (nSPS) is 10.3. The number of pyridine rings is 1. The van der Waals surface area contributed by atoms with Crippen molar-refractivity contribution in [2.45, 2.75) is 0 Å². The van der Waals surface area contributed by atoms with Gasteiger partial charge in [-0.2, -0.15) is 5.26 Å². The second-order valence-corrected chi connectivity index (χ2v) is 6.59. The molecule has 0 aliphatic heterocycles. The number of anilines is 2. The van der Waals surface area contributed by atoms with Crippen LogP contribution in [-0.4, -0.2) is 42.9 Å². The molecular formula is C21H17N9O2. The Bertz CT molecular complexity index is 1270. The highest BCUT2D eigenvalue weighted by molar-refractivity contribution is 5.81. The number of aromatic amines is 1. The van der Waals surface area contributed by atoms with Crippen LogP contribution < -0.4 is 10.6 Å². The van der Waals surface area contributed by atoms with Gasteiger partial charge < -0.3 is 15.6 Å². The zero-order valence-electron chi connectivity index (χ0n) is 16.7. The molecular weight excluding hydrogens is 410 g/mol. The van der Waals surface area contributed by atoms with E-state index in [1.54, 1.807) is 36.9 Å². The number of benzene rings is 1. The smallest absolute Gasteiger partial charge is 0.287 e. The van der Waals surface area contributed by atoms with Gasteiger partial charge in [0.15, 0.2) is 0 Å². The van der Waals surface area contributed by atoms with E-state index in [2.05, 4.69) is 41.6 Å². The molecule has 0 spiro atoms. The molecule has 4 aromatic rings. The molecule has 4 rings (SSSR count). The average Bonchev–Trinajstić information content (AvgIpc) is 3.37. The van der Waals surface area contributed by atoms with Gasteiger partial charge in [-0.1, -0.05) is 18.2 Å². The van der Waals surface area contributed by atoms with Crippen molar-refractivity contribution in [1.82, 2.24) is 24.9 Å². The number of nitrogens with one attached hydrogen (secondary N) is 3. The highest BCUT2D eigenvalue weighted by Gasteiger charge is 2.15. The molecule has 0 saturated heterocycles. The van der Waals surface area contributed by atoms with Crippen LogP contribution >= 0.6 is 0 Å². The van der Waals surface area contributed by atoms with Crippen LogP contribution in [0.25, 0.3) is 22.5 Å². The van der Waals surface area contributed by atoms with Gasteiger partial charge in [-0.15, -0.1) is 0 Å². The zero-order valence-corrected chi connectivity index (χ0v) is 16.7. The van der Waals surface area contributed by atoms with Crippen LogP contribution in [0, 0.1) is 21.4 Å². The monoisotopic (exact) mass is 427 g/mol. The Morgan fingerprint density at radius 2 is 1.88 bits per heavy atom. The summed E-state index contributed by atoms with van der Waals surface area (Å²) in [6, 6.07) is 12.4. The molecule has 0 saturated carbocycles. The number of hydrogen-bond donors (Lipinski definition) is 3. The van der Waals surface area contributed by atoms with Crippen LogP contribution in [0.2, 0.25) is 0 Å². The van der Waals surface area contributed by atoms with Gasteiger partial charge >= 0.3 is 0 Å². The minimum atomic E-state index is -0.495. The third-order valence-corrected chi connectivity index (χ3v) is 4.55. The minimum absolute atomic E-state index is 0.0652. The Morgan fingerprint density at radius 3 is 2.59 bits per heavy atom. The lowest BCUT2D eigenvalue weighted by Crippen LogP contribution is -2.16. The van der Waals surface area contributed by atoms with Gasteiger partial charge in [0, 0.05) is 36.5 Å². The number of hydrogen-bond acceptors (Lipinski definition) is 9. The third kappa shape index (κ3) is 4.49. The van der Waals surface area contributed by atoms with Crippen molar-refractivity contribution in [3.63, 3.8) is 0 Å². The van der Waals surface area contributed by atoms with Crippen LogP contribution in [0.5, 0.6) is 0 Å². The van der Waals surface area contributed by atoms with Gasteiger partial charge in [0.2, 0.25) is 5.95 Å². The molecule has 0 fully saturated rings. The minimum Gasteiger partial charge on any atom is -0.368 e. The molecule has 1 aromatic carbocycles. The lowest BCUT2D eigenvalue weighted by Gasteiger charge is -2.12. The Balaban J connectivity index is 1.50. The predicted molar refractivity (Wildman–Crippen MR) is 118 cm³/mol. The molecule has 11 heteroatoms. The molecule has 3 aromatic heterocycles. The van der Waals surface area contributed by atoms with Crippen molar-refractivity contribution < 1.29 is 4.92 Å². The van der Waals surface area contributed by atoms with E-state index in [-0.39, 0.29) is 5.69 Å². The van der Waals surface area contributed by atoms with Crippen LogP contribution in [0.3, 0.4) is 0 Å². The van der Waals surface area contributed by atoms with Gasteiger partial charge in [-0.3, -0.25) is 10.1 Å². The van der Waals surface area contributed by atoms with Gasteiger partial charge in [-0.25, -0.2) is 19.9 Å². The molecule has 32 heavy (non-hydrogen) atoms. The molecule has 0 bridgehead atoms. The topological polar surface area (TPSA) is 158 Å². The number of H-pyrrole nitrogens is 1. The molecule has 0 amide bonds. The first-order chi connectivity index (χ1) is 15.7. The molecule has 0 unspecified atom stereocenters. The highest BCUT2D eigenvalue weighted by Crippen LogP contribution is 2.31. The molecule has 0 aliphatic rings. The predicted octanol–water partition coefficient (Wildman–Crippen LogP) is 3.23. The van der Waals surface area contributed by atoms with Gasteiger partial charge in [0.05, 0.1) is 40.5 Å². The molecule has 3 heterocycles. The maximum absolute atomic E-state index is 10.7. The first kappa shape index (κ1) is 20.4. The van der Waals surface area contributed by atoms with E-state index >= 15 is 0 Å². The third-order valence-electron chi connectivity index (χ3n) is 4.55. The van der Waals surface area contributed by atoms with E-state index in [0.29, 0.717) is 41.7 Å². The van der Waals surface area contributed by atoms with Crippen molar-refractivity contribution in [2.75, 3.05) is 23.7 Å². The number of imidazole rings is 1. The van der Waals surface area contributed by atoms with E-state index in [0.717, 1.165) is 11.3 Å². The largest absolute Gasteiger partial charge is 0.368 e. The fourth-order valence-corrected chi connectivity index (χ4v) is 3.02. The summed E-state index contributed by atoms with van der Waals surface area (Å²) < 4.78 is 0. The van der Waals surface area contributed by atoms with E-state index < -0.39 is 4.92 Å². The number of nitriles is 1. The van der Waals surface area contributed by atoms with E-state index in [1.807, 2.05) is 12.1 Å². The SMILES string of the molecule is N#Cc1ccccc1-c1nc(NCCNc2ccc([N+](=O)[O-])cn2)ncc1-c1cnc[nH]1. The maximum atomic E-state index is 10.7. The van der Waals surface area contributed by atoms with Crippen LogP contribution in [0.1, 0.15) is 5.56 Å². The van der Waals surface area contributed by atoms with Gasteiger partial charge in [-0.05, 0) is 12.1 Å². The summed E-state index contributed by atoms with van der Waals surface area (Å²) in [5.41, 5.74) is 3.20. The van der Waals surface area contributed by atoms with Crippen molar-refractivity contribution in [1.29, 1.82) is 5.26 Å². The molecule has 158 valence electrons. The van der Waals surface area contributed by atoms with Crippen molar-refractivity contribution >= 4 is 17.5 Å². The Kier molecular flexibility index (Phi) is 5.94. The molecule has 11 nitrogen and oxygen atoms in total. The summed E-state index contributed by atoms with van der Waals surface area (Å²) in [7, 11) is 0. The second kappa shape index (κ2) is 9.31. The lowest BCUT2D eigenvalue weighted by atomic mass is 10.0. The van der Waals surface area contributed by atoms with Crippen molar-refractivity contribution in [3.05, 3.63) is 77.0 Å². The van der Waals surface area contributed by atoms with E-state index in [4.69, 9.17) is 0 Å². The van der Waals surface area contributed by atoms with Crippen molar-refractivity contribution in [2.24, 2.45) is 0 Å². The fourth-order valence-electron chi connectivity index (χ4n) is 3.02. The first-order valence-electron chi connectivity index (χ1n) is 9.59. The summed E-state index contributed by atoms with van der Waals surface area (Å²) in [6.07, 6.45) is 6.12. The van der Waals surface area contributed by atoms with E-state index in [1.165, 1.54) is 12.3 Å². The summed E-state index contributed by atoms with van der Waals surface area (Å²) >= 11 is 0. The standard InChI is InChI=1S/C21H17N9O2/c22-9-14-3-1-2-4-16(14)20-17(18-12-23-13-28-18)11-27-21(29-20)25-8-7-24-19-6-5-15(10-26-19)30(31)32/h1-6,10-13H,7-8H2,(H,23,28)(H,24,26)(H,25,27,29). The van der Waals surface area contributed by atoms with Crippen LogP contribution in [-0.2, 0) is 0 Å². The highest BCUT2D eigenvalue weighted by atomic mass is 16.6. The van der Waals surface area contributed by atoms with Crippen LogP contribution in [0.4, 0.5) is 17.5 Å². The summed E-state index contributed by atoms with van der Waals surface area (Å²) in [6.45, 7) is 0.960. The molecule has 0 aliphatic carbocycles. The number of nitrogens with zero attached hydrogens (tertiary/aromatic N) is 6. The average molecular weight is 427 g/mol. The maximum Gasteiger partial charge on any atom is 0.287 e. The first-order valence-corrected chi connectivity index (χ1v) is 9.59. The number of aromatic nitrogens is 5. The second-order valence-electron chi connectivity index (χ2n) is 6.59. The Hall–Kier alpha value is -4.85. The zero-order chi connectivity index (χ0) is 22.3. The Labute approximate surface area is 182 Å². The van der Waals surface area contributed by atoms with Crippen molar-refractivity contribution in [3.8, 4) is 28.6 Å². The summed E-state index contributed by atoms with van der Waals surface area (Å²) in [4.78, 5) is 30.3. The van der Waals surface area contributed by atoms with Crippen LogP contribution in [0.15, 0.2) is 61.3 Å². The summed E-state index contributed by atoms with van der Waals surface area (Å²) in [5.74, 6) is 0.922. The number of nitro groups is 1. The fraction of sp³-hybridized carbons (Fsp3) is 0.0952. The van der Waals surface area contributed by atoms with Gasteiger partial charge in [0.1, 0.15) is 12.0 Å². The molecule has 0 atom stereocenters. The lowest BCUT2D eigenvalue weighted by molar-refractivity contribution is -0.385.